The minimum absolute atomic E-state index is 0.167. The third-order valence-corrected chi connectivity index (χ3v) is 5.14. The number of hydrogen-bond acceptors (Lipinski definition) is 6. The second-order valence-corrected chi connectivity index (χ2v) is 7.56. The fourth-order valence-corrected chi connectivity index (χ4v) is 3.11. The van der Waals surface area contributed by atoms with Crippen LogP contribution in [-0.4, -0.2) is 54.1 Å². The van der Waals surface area contributed by atoms with Crippen LogP contribution in [0.3, 0.4) is 0 Å². The van der Waals surface area contributed by atoms with Crippen LogP contribution >= 0.6 is 11.6 Å². The van der Waals surface area contributed by atoms with Crippen molar-refractivity contribution in [1.82, 2.24) is 4.98 Å². The molecular weight excluding hydrogens is 494 g/mol. The van der Waals surface area contributed by atoms with Crippen LogP contribution in [0.4, 0.5) is 32.0 Å². The molecule has 3 rings (SSSR count). The second-order valence-electron chi connectivity index (χ2n) is 7.16. The molecular formula is C20H19ClF6N4O3. The Hall–Kier alpha value is -3.06. The topological polar surface area (TPSA) is 124 Å². The number of pyridine rings is 1. The zero-order valence-electron chi connectivity index (χ0n) is 17.3. The van der Waals surface area contributed by atoms with E-state index in [9.17, 15) is 31.1 Å². The van der Waals surface area contributed by atoms with Crippen molar-refractivity contribution in [3.8, 4) is 0 Å². The molecule has 1 aliphatic rings. The van der Waals surface area contributed by atoms with E-state index in [0.717, 1.165) is 18.3 Å². The van der Waals surface area contributed by atoms with Gasteiger partial charge in [-0.1, -0.05) is 11.6 Å². The van der Waals surface area contributed by atoms with Crippen molar-refractivity contribution < 1.29 is 41.0 Å². The van der Waals surface area contributed by atoms with E-state index in [-0.39, 0.29) is 16.3 Å². The number of nitrogen functional groups attached to an aromatic ring is 1. The summed E-state index contributed by atoms with van der Waals surface area (Å²) in [5, 5.41) is 8.17. The molecule has 1 aromatic carbocycles. The molecule has 1 aliphatic heterocycles. The Morgan fingerprint density at radius 1 is 1.18 bits per heavy atom. The van der Waals surface area contributed by atoms with Gasteiger partial charge < -0.3 is 21.3 Å². The number of carboxylic acid groups (broad SMARTS) is 1. The highest BCUT2D eigenvalue weighted by Crippen LogP contribution is 2.36. The Balaban J connectivity index is 0.000000270. The molecule has 0 amide bonds. The van der Waals surface area contributed by atoms with E-state index in [1.807, 2.05) is 0 Å². The smallest absolute Gasteiger partial charge is 0.356 e. The number of halogens is 7. The van der Waals surface area contributed by atoms with Gasteiger partial charge in [0.2, 0.25) is 0 Å². The largest absolute Gasteiger partial charge is 0.476 e. The molecule has 5 N–H and O–H groups in total. The number of carboxylic acids is 1. The summed E-state index contributed by atoms with van der Waals surface area (Å²) in [6.07, 6.45) is -1.91. The molecule has 0 fully saturated rings. The summed E-state index contributed by atoms with van der Waals surface area (Å²) in [6, 6.07) is 4.45. The van der Waals surface area contributed by atoms with Gasteiger partial charge in [0.15, 0.2) is 11.3 Å². The number of aromatic nitrogens is 1. The lowest BCUT2D eigenvalue weighted by atomic mass is 9.89. The minimum Gasteiger partial charge on any atom is -0.476 e. The summed E-state index contributed by atoms with van der Waals surface area (Å²) >= 11 is 5.39. The molecule has 0 saturated carbocycles. The van der Waals surface area contributed by atoms with Gasteiger partial charge in [-0.15, -0.1) is 0 Å². The molecule has 1 atom stereocenters. The third kappa shape index (κ3) is 5.53. The summed E-state index contributed by atoms with van der Waals surface area (Å²) in [7, 11) is 0. The average Bonchev–Trinajstić information content (AvgIpc) is 2.81. The number of carbonyl (C=O) groups is 1. The highest BCUT2D eigenvalue weighted by Gasteiger charge is 2.48. The molecule has 0 aliphatic carbocycles. The fraction of sp³-hybridized carbons (Fsp3) is 0.350. The van der Waals surface area contributed by atoms with Crippen molar-refractivity contribution in [1.29, 1.82) is 0 Å². The Kier molecular flexibility index (Phi) is 8.72. The second kappa shape index (κ2) is 10.9. The van der Waals surface area contributed by atoms with E-state index in [4.69, 9.17) is 32.9 Å². The molecule has 186 valence electrons. The van der Waals surface area contributed by atoms with Crippen LogP contribution in [0, 0.1) is 5.82 Å². The van der Waals surface area contributed by atoms with Crippen LogP contribution in [0.5, 0.6) is 0 Å². The first-order valence-corrected chi connectivity index (χ1v) is 9.73. The Morgan fingerprint density at radius 3 is 2.29 bits per heavy atom. The highest BCUT2D eigenvalue weighted by molar-refractivity contribution is 6.33. The zero-order chi connectivity index (χ0) is 25.7. The molecule has 14 heteroatoms. The number of anilines is 1. The highest BCUT2D eigenvalue weighted by atomic mass is 35.5. The predicted octanol–water partition coefficient (Wildman–Crippen LogP) is 4.01. The summed E-state index contributed by atoms with van der Waals surface area (Å²) < 4.78 is 82.6. The van der Waals surface area contributed by atoms with E-state index in [1.54, 1.807) is 0 Å². The number of aromatic carboxylic acids is 1. The number of alkyl halides is 5. The number of nitrogens with two attached hydrogens (primary N) is 2. The van der Waals surface area contributed by atoms with Gasteiger partial charge in [0.1, 0.15) is 37.2 Å². The maximum Gasteiger partial charge on any atom is 0.356 e. The first-order valence-electron chi connectivity index (χ1n) is 9.35. The molecule has 2 heterocycles. The number of aliphatic imine (C=N–C) groups is 1. The number of benzene rings is 1. The predicted molar refractivity (Wildman–Crippen MR) is 112 cm³/mol. The molecule has 1 aromatic heterocycles. The van der Waals surface area contributed by atoms with Gasteiger partial charge in [-0.2, -0.15) is 0 Å². The number of ether oxygens (including phenoxy) is 1. The van der Waals surface area contributed by atoms with Gasteiger partial charge in [0.25, 0.3) is 6.43 Å². The summed E-state index contributed by atoms with van der Waals surface area (Å²) in [5.74, 6) is -2.64. The van der Waals surface area contributed by atoms with Crippen molar-refractivity contribution >= 4 is 29.1 Å². The Morgan fingerprint density at radius 2 is 1.82 bits per heavy atom. The SMILES string of the molecule is NC1=N[C@](CF)(c2cc(N)ccc2F)COC1(CF)CF.O=C(O)c1ncc(C(F)F)cc1Cl. The molecule has 0 saturated heterocycles. The lowest BCUT2D eigenvalue weighted by Gasteiger charge is -2.39. The summed E-state index contributed by atoms with van der Waals surface area (Å²) in [5.41, 5.74) is 6.48. The third-order valence-electron chi connectivity index (χ3n) is 4.85. The molecule has 0 unspecified atom stereocenters. The number of amidine groups is 1. The molecule has 7 nitrogen and oxygen atoms in total. The van der Waals surface area contributed by atoms with Crippen molar-refractivity contribution in [3.05, 3.63) is 58.1 Å². The fourth-order valence-electron chi connectivity index (χ4n) is 2.85. The first kappa shape index (κ1) is 27.2. The molecule has 0 radical (unpaired) electrons. The van der Waals surface area contributed by atoms with E-state index in [0.29, 0.717) is 0 Å². The Bertz CT molecular complexity index is 1070. The van der Waals surface area contributed by atoms with E-state index in [2.05, 4.69) is 9.98 Å². The van der Waals surface area contributed by atoms with Crippen molar-refractivity contribution in [2.75, 3.05) is 32.4 Å². The van der Waals surface area contributed by atoms with Crippen molar-refractivity contribution in [2.45, 2.75) is 17.6 Å². The van der Waals surface area contributed by atoms with E-state index in [1.165, 1.54) is 12.1 Å². The van der Waals surface area contributed by atoms with Crippen molar-refractivity contribution in [3.63, 3.8) is 0 Å². The monoisotopic (exact) mass is 512 g/mol. The lowest BCUT2D eigenvalue weighted by molar-refractivity contribution is -0.0644. The minimum atomic E-state index is -2.70. The van der Waals surface area contributed by atoms with Gasteiger partial charge in [-0.25, -0.2) is 36.1 Å². The molecule has 34 heavy (non-hydrogen) atoms. The van der Waals surface area contributed by atoms with E-state index >= 15 is 0 Å². The quantitative estimate of drug-likeness (QED) is 0.397. The standard InChI is InChI=1S/C13H15F4N3O.C7H4ClF2NO2/c14-4-12(9-3-8(18)1-2-10(9)17)7-21-13(5-15,6-16)11(19)20-12;8-4-1-3(6(9)10)2-11-5(4)7(12)13/h1-3H,4-7,18H2,(H2,19,20);1-2,6H,(H,12,13)/t12-;/m0./s1. The van der Waals surface area contributed by atoms with Crippen LogP contribution in [-0.2, 0) is 10.3 Å². The maximum atomic E-state index is 13.9. The van der Waals surface area contributed by atoms with Crippen LogP contribution in [0.15, 0.2) is 35.5 Å². The average molecular weight is 513 g/mol. The van der Waals surface area contributed by atoms with Gasteiger partial charge in [-0.05, 0) is 24.3 Å². The first-order chi connectivity index (χ1) is 15.9. The van der Waals surface area contributed by atoms with Crippen LogP contribution in [0.25, 0.3) is 0 Å². The van der Waals surface area contributed by atoms with Crippen molar-refractivity contribution in [2.24, 2.45) is 10.7 Å². The van der Waals surface area contributed by atoms with Crippen LogP contribution in [0.2, 0.25) is 5.02 Å². The van der Waals surface area contributed by atoms with Gasteiger partial charge in [0.05, 0.1) is 11.6 Å². The zero-order valence-corrected chi connectivity index (χ0v) is 18.0. The van der Waals surface area contributed by atoms with Crippen LogP contribution < -0.4 is 11.5 Å². The van der Waals surface area contributed by atoms with Gasteiger partial charge >= 0.3 is 5.97 Å². The van der Waals surface area contributed by atoms with Gasteiger partial charge in [-0.3, -0.25) is 4.99 Å². The molecule has 0 spiro atoms. The molecule has 2 aromatic rings. The maximum absolute atomic E-state index is 13.9. The number of nitrogens with zero attached hydrogens (tertiary/aromatic N) is 2. The number of hydrogen-bond donors (Lipinski definition) is 3. The number of rotatable bonds is 6. The Labute approximate surface area is 194 Å². The lowest BCUT2D eigenvalue weighted by Crippen LogP contribution is -2.58. The van der Waals surface area contributed by atoms with Gasteiger partial charge in [0, 0.05) is 23.0 Å². The summed E-state index contributed by atoms with van der Waals surface area (Å²) in [6.45, 7) is -4.19. The van der Waals surface area contributed by atoms with E-state index < -0.39 is 73.1 Å². The molecule has 0 bridgehead atoms. The normalized spacial score (nSPS) is 19.2. The van der Waals surface area contributed by atoms with Crippen LogP contribution in [0.1, 0.15) is 28.0 Å². The summed E-state index contributed by atoms with van der Waals surface area (Å²) in [4.78, 5) is 17.5.